The molecule has 1 N–H and O–H groups in total. The number of aliphatic hydroxyl groups is 1. The second kappa shape index (κ2) is 4.97. The monoisotopic (exact) mass is 285 g/mol. The van der Waals surface area contributed by atoms with Crippen molar-refractivity contribution in [3.8, 4) is 0 Å². The van der Waals surface area contributed by atoms with E-state index in [1.165, 1.54) is 0 Å². The van der Waals surface area contributed by atoms with E-state index in [9.17, 15) is 9.90 Å². The second-order valence-electron chi connectivity index (χ2n) is 4.35. The van der Waals surface area contributed by atoms with E-state index >= 15 is 0 Å². The molecular formula is C12H16BrNO2. The van der Waals surface area contributed by atoms with Gasteiger partial charge < -0.3 is 10.0 Å². The van der Waals surface area contributed by atoms with E-state index in [1.807, 2.05) is 26.0 Å². The summed E-state index contributed by atoms with van der Waals surface area (Å²) in [5.74, 6) is -0.0969. The first-order valence-electron chi connectivity index (χ1n) is 5.03. The minimum Gasteiger partial charge on any atom is -0.394 e. The van der Waals surface area contributed by atoms with Crippen LogP contribution in [0, 0.1) is 0 Å². The number of aliphatic hydroxyl groups excluding tert-OH is 1. The Morgan fingerprint density at radius 1 is 1.50 bits per heavy atom. The highest BCUT2D eigenvalue weighted by Gasteiger charge is 2.27. The Labute approximate surface area is 104 Å². The SMILES string of the molecule is CN(C(=O)c1cccc(Br)c1)C(C)(C)CO. The second-order valence-corrected chi connectivity index (χ2v) is 5.26. The summed E-state index contributed by atoms with van der Waals surface area (Å²) in [5, 5.41) is 9.21. The van der Waals surface area contributed by atoms with E-state index in [0.29, 0.717) is 5.56 Å². The van der Waals surface area contributed by atoms with Crippen LogP contribution in [0.1, 0.15) is 24.2 Å². The first-order chi connectivity index (χ1) is 7.38. The van der Waals surface area contributed by atoms with E-state index in [0.717, 1.165) is 4.47 Å². The molecule has 0 aliphatic heterocycles. The number of carbonyl (C=O) groups is 1. The maximum atomic E-state index is 12.1. The van der Waals surface area contributed by atoms with Crippen LogP contribution >= 0.6 is 15.9 Å². The molecule has 0 heterocycles. The summed E-state index contributed by atoms with van der Waals surface area (Å²) in [6, 6.07) is 7.22. The molecule has 0 atom stereocenters. The predicted octanol–water partition coefficient (Wildman–Crippen LogP) is 2.29. The van der Waals surface area contributed by atoms with Gasteiger partial charge in [0.05, 0.1) is 12.1 Å². The third-order valence-electron chi connectivity index (χ3n) is 2.67. The molecule has 0 spiro atoms. The lowest BCUT2D eigenvalue weighted by molar-refractivity contribution is 0.0473. The standard InChI is InChI=1S/C12H16BrNO2/c1-12(2,8-15)14(3)11(16)9-5-4-6-10(13)7-9/h4-7,15H,8H2,1-3H3. The van der Waals surface area contributed by atoms with Crippen molar-refractivity contribution in [1.82, 2.24) is 4.90 Å². The topological polar surface area (TPSA) is 40.5 Å². The van der Waals surface area contributed by atoms with E-state index in [1.54, 1.807) is 24.1 Å². The quantitative estimate of drug-likeness (QED) is 0.926. The van der Waals surface area contributed by atoms with Crippen LogP contribution in [0.2, 0.25) is 0 Å². The third kappa shape index (κ3) is 2.83. The average Bonchev–Trinajstić information content (AvgIpc) is 2.27. The smallest absolute Gasteiger partial charge is 0.254 e. The van der Waals surface area contributed by atoms with Gasteiger partial charge in [0.1, 0.15) is 0 Å². The number of halogens is 1. The average molecular weight is 286 g/mol. The third-order valence-corrected chi connectivity index (χ3v) is 3.16. The summed E-state index contributed by atoms with van der Waals surface area (Å²) < 4.78 is 0.869. The fraction of sp³-hybridized carbons (Fsp3) is 0.417. The molecule has 0 saturated heterocycles. The minimum absolute atomic E-state index is 0.0662. The van der Waals surface area contributed by atoms with Crippen molar-refractivity contribution in [2.24, 2.45) is 0 Å². The Balaban J connectivity index is 2.95. The fourth-order valence-electron chi connectivity index (χ4n) is 1.20. The zero-order valence-corrected chi connectivity index (χ0v) is 11.3. The Morgan fingerprint density at radius 3 is 2.62 bits per heavy atom. The van der Waals surface area contributed by atoms with Crippen molar-refractivity contribution in [1.29, 1.82) is 0 Å². The lowest BCUT2D eigenvalue weighted by atomic mass is 10.0. The Morgan fingerprint density at radius 2 is 2.12 bits per heavy atom. The van der Waals surface area contributed by atoms with Gasteiger partial charge >= 0.3 is 0 Å². The van der Waals surface area contributed by atoms with E-state index < -0.39 is 5.54 Å². The van der Waals surface area contributed by atoms with Crippen LogP contribution in [0.4, 0.5) is 0 Å². The zero-order chi connectivity index (χ0) is 12.3. The van der Waals surface area contributed by atoms with Gasteiger partial charge in [-0.25, -0.2) is 0 Å². The number of nitrogens with zero attached hydrogens (tertiary/aromatic N) is 1. The molecule has 0 bridgehead atoms. The largest absolute Gasteiger partial charge is 0.394 e. The van der Waals surface area contributed by atoms with Gasteiger partial charge in [0.2, 0.25) is 0 Å². The molecule has 4 heteroatoms. The minimum atomic E-state index is -0.556. The van der Waals surface area contributed by atoms with Gasteiger partial charge in [0.25, 0.3) is 5.91 Å². The van der Waals surface area contributed by atoms with E-state index in [4.69, 9.17) is 0 Å². The highest BCUT2D eigenvalue weighted by Crippen LogP contribution is 2.18. The van der Waals surface area contributed by atoms with Gasteiger partial charge in [-0.05, 0) is 32.0 Å². The van der Waals surface area contributed by atoms with Gasteiger partial charge in [-0.3, -0.25) is 4.79 Å². The van der Waals surface area contributed by atoms with Crippen molar-refractivity contribution in [2.75, 3.05) is 13.7 Å². The molecule has 1 aromatic rings. The molecule has 1 aromatic carbocycles. The summed E-state index contributed by atoms with van der Waals surface area (Å²) in [5.41, 5.74) is 0.0535. The summed E-state index contributed by atoms with van der Waals surface area (Å²) in [6.45, 7) is 3.58. The molecule has 0 aliphatic rings. The number of hydrogen-bond donors (Lipinski definition) is 1. The number of rotatable bonds is 3. The highest BCUT2D eigenvalue weighted by molar-refractivity contribution is 9.10. The molecule has 3 nitrogen and oxygen atoms in total. The summed E-state index contributed by atoms with van der Waals surface area (Å²) in [7, 11) is 1.69. The van der Waals surface area contributed by atoms with Crippen molar-refractivity contribution in [3.63, 3.8) is 0 Å². The first-order valence-corrected chi connectivity index (χ1v) is 5.82. The number of hydrogen-bond acceptors (Lipinski definition) is 2. The maximum absolute atomic E-state index is 12.1. The van der Waals surface area contributed by atoms with Crippen molar-refractivity contribution in [2.45, 2.75) is 19.4 Å². The van der Waals surface area contributed by atoms with E-state index in [2.05, 4.69) is 15.9 Å². The van der Waals surface area contributed by atoms with Crippen LogP contribution in [-0.2, 0) is 0 Å². The Bertz CT molecular complexity index is 390. The molecule has 16 heavy (non-hydrogen) atoms. The molecule has 0 fully saturated rings. The number of carbonyl (C=O) groups excluding carboxylic acids is 1. The van der Waals surface area contributed by atoms with Crippen molar-refractivity contribution < 1.29 is 9.90 Å². The fourth-order valence-corrected chi connectivity index (χ4v) is 1.60. The normalized spacial score (nSPS) is 11.3. The summed E-state index contributed by atoms with van der Waals surface area (Å²) in [6.07, 6.45) is 0. The maximum Gasteiger partial charge on any atom is 0.254 e. The molecule has 0 radical (unpaired) electrons. The van der Waals surface area contributed by atoms with E-state index in [-0.39, 0.29) is 12.5 Å². The van der Waals surface area contributed by atoms with Gasteiger partial charge in [0, 0.05) is 17.1 Å². The van der Waals surface area contributed by atoms with Crippen LogP contribution in [0.15, 0.2) is 28.7 Å². The zero-order valence-electron chi connectivity index (χ0n) is 9.70. The van der Waals surface area contributed by atoms with Crippen molar-refractivity contribution >= 4 is 21.8 Å². The molecule has 1 rings (SSSR count). The van der Waals surface area contributed by atoms with Gasteiger partial charge in [-0.15, -0.1) is 0 Å². The highest BCUT2D eigenvalue weighted by atomic mass is 79.9. The number of amides is 1. The van der Waals surface area contributed by atoms with Crippen LogP contribution in [0.5, 0.6) is 0 Å². The Kier molecular flexibility index (Phi) is 4.10. The van der Waals surface area contributed by atoms with Gasteiger partial charge in [-0.2, -0.15) is 0 Å². The molecule has 0 aliphatic carbocycles. The van der Waals surface area contributed by atoms with Gasteiger partial charge in [0.15, 0.2) is 0 Å². The summed E-state index contributed by atoms with van der Waals surface area (Å²) in [4.78, 5) is 13.6. The van der Waals surface area contributed by atoms with Crippen LogP contribution in [0.3, 0.4) is 0 Å². The van der Waals surface area contributed by atoms with Crippen molar-refractivity contribution in [3.05, 3.63) is 34.3 Å². The lowest BCUT2D eigenvalue weighted by Crippen LogP contribution is -2.47. The first kappa shape index (κ1) is 13.2. The number of likely N-dealkylation sites (N-methyl/N-ethyl adjacent to an activating group) is 1. The molecule has 88 valence electrons. The predicted molar refractivity (Wildman–Crippen MR) is 67.4 cm³/mol. The molecular weight excluding hydrogens is 270 g/mol. The Hall–Kier alpha value is -0.870. The van der Waals surface area contributed by atoms with Crippen LogP contribution in [-0.4, -0.2) is 35.1 Å². The molecule has 0 aromatic heterocycles. The molecule has 1 amide bonds. The molecule has 0 unspecified atom stereocenters. The number of benzene rings is 1. The molecule has 0 saturated carbocycles. The van der Waals surface area contributed by atoms with Crippen LogP contribution in [0.25, 0.3) is 0 Å². The lowest BCUT2D eigenvalue weighted by Gasteiger charge is -2.34. The van der Waals surface area contributed by atoms with Crippen LogP contribution < -0.4 is 0 Å². The summed E-state index contributed by atoms with van der Waals surface area (Å²) >= 11 is 3.33. The van der Waals surface area contributed by atoms with Gasteiger partial charge in [-0.1, -0.05) is 22.0 Å².